The van der Waals surface area contributed by atoms with Crippen molar-refractivity contribution < 1.29 is 39.7 Å². The standard InChI is InChI=1S/C8H10O2S.Na.H/c1-2-7-5-3-4-6-8(7)11(9)10;;/h3-6H,2H2,1H3,(H,9,10);;/q;+1;-1. The summed E-state index contributed by atoms with van der Waals surface area (Å²) in [6, 6.07) is 7.18. The van der Waals surface area contributed by atoms with Crippen LogP contribution in [0.1, 0.15) is 13.9 Å². The molecule has 12 heavy (non-hydrogen) atoms. The van der Waals surface area contributed by atoms with Gasteiger partial charge in [-0.05, 0) is 18.1 Å². The Morgan fingerprint density at radius 1 is 1.50 bits per heavy atom. The zero-order chi connectivity index (χ0) is 8.27. The van der Waals surface area contributed by atoms with Gasteiger partial charge in [0.15, 0.2) is 11.1 Å². The van der Waals surface area contributed by atoms with Crippen molar-refractivity contribution >= 4 is 11.1 Å². The van der Waals surface area contributed by atoms with Crippen LogP contribution in [0, 0.1) is 0 Å². The predicted molar refractivity (Wildman–Crippen MR) is 46.0 cm³/mol. The second kappa shape index (κ2) is 5.89. The van der Waals surface area contributed by atoms with Crippen molar-refractivity contribution in [2.45, 2.75) is 18.2 Å². The molecule has 1 rings (SSSR count). The fourth-order valence-corrected chi connectivity index (χ4v) is 1.60. The normalized spacial score (nSPS) is 11.8. The van der Waals surface area contributed by atoms with Crippen LogP contribution in [-0.4, -0.2) is 8.76 Å². The van der Waals surface area contributed by atoms with E-state index in [-0.39, 0.29) is 31.0 Å². The number of hydrogen-bond donors (Lipinski definition) is 1. The van der Waals surface area contributed by atoms with Crippen LogP contribution in [0.5, 0.6) is 0 Å². The summed E-state index contributed by atoms with van der Waals surface area (Å²) in [6.07, 6.45) is 0.794. The van der Waals surface area contributed by atoms with Gasteiger partial charge in [0.1, 0.15) is 0 Å². The van der Waals surface area contributed by atoms with Gasteiger partial charge >= 0.3 is 29.6 Å². The first kappa shape index (κ1) is 12.3. The van der Waals surface area contributed by atoms with Crippen LogP contribution >= 0.6 is 0 Å². The topological polar surface area (TPSA) is 37.3 Å². The zero-order valence-electron chi connectivity index (χ0n) is 8.28. The number of benzene rings is 1. The van der Waals surface area contributed by atoms with Crippen molar-refractivity contribution in [1.82, 2.24) is 0 Å². The van der Waals surface area contributed by atoms with Crippen LogP contribution < -0.4 is 29.6 Å². The van der Waals surface area contributed by atoms with Gasteiger partial charge in [-0.3, -0.25) is 0 Å². The van der Waals surface area contributed by atoms with Gasteiger partial charge < -0.3 is 5.98 Å². The van der Waals surface area contributed by atoms with E-state index in [1.54, 1.807) is 12.1 Å². The van der Waals surface area contributed by atoms with Gasteiger partial charge in [0.05, 0.1) is 4.90 Å². The van der Waals surface area contributed by atoms with E-state index in [1.807, 2.05) is 19.1 Å². The number of aryl methyl sites for hydroxylation is 1. The van der Waals surface area contributed by atoms with Gasteiger partial charge in [-0.1, -0.05) is 25.1 Å². The Kier molecular flexibility index (Phi) is 6.05. The van der Waals surface area contributed by atoms with E-state index >= 15 is 0 Å². The van der Waals surface area contributed by atoms with E-state index in [9.17, 15) is 4.21 Å². The average Bonchev–Trinajstić information content (AvgIpc) is 2.04. The van der Waals surface area contributed by atoms with Crippen molar-refractivity contribution in [3.63, 3.8) is 0 Å². The quantitative estimate of drug-likeness (QED) is 0.481. The van der Waals surface area contributed by atoms with E-state index in [1.165, 1.54) is 0 Å². The molecule has 1 aromatic rings. The van der Waals surface area contributed by atoms with E-state index < -0.39 is 11.1 Å². The molecule has 0 amide bonds. The molecule has 0 saturated heterocycles. The van der Waals surface area contributed by atoms with Gasteiger partial charge in [0.2, 0.25) is 0 Å². The van der Waals surface area contributed by atoms with Crippen LogP contribution in [0.2, 0.25) is 0 Å². The van der Waals surface area contributed by atoms with Crippen LogP contribution in [0.15, 0.2) is 29.2 Å². The second-order valence-corrected chi connectivity index (χ2v) is 3.15. The summed E-state index contributed by atoms with van der Waals surface area (Å²) in [7, 11) is 0. The summed E-state index contributed by atoms with van der Waals surface area (Å²) in [6.45, 7) is 1.96. The molecule has 4 heteroatoms. The largest absolute Gasteiger partial charge is 1.00 e. The number of hydrogen-bond acceptors (Lipinski definition) is 1. The van der Waals surface area contributed by atoms with Gasteiger partial charge in [-0.2, -0.15) is 0 Å². The average molecular weight is 194 g/mol. The Labute approximate surface area is 98.4 Å². The SMILES string of the molecule is CCc1ccccc1S(=O)O.[H-].[Na+]. The Bertz CT molecular complexity index is 281. The summed E-state index contributed by atoms with van der Waals surface area (Å²) in [4.78, 5) is 0.523. The Balaban J connectivity index is 0. The molecule has 0 aliphatic carbocycles. The molecule has 0 aromatic heterocycles. The molecule has 0 fully saturated rings. The van der Waals surface area contributed by atoms with Gasteiger partial charge in [0, 0.05) is 0 Å². The van der Waals surface area contributed by atoms with Gasteiger partial charge in [-0.15, -0.1) is 0 Å². The van der Waals surface area contributed by atoms with Crippen molar-refractivity contribution in [1.29, 1.82) is 0 Å². The minimum absolute atomic E-state index is 0. The summed E-state index contributed by atoms with van der Waals surface area (Å²) < 4.78 is 19.5. The third kappa shape index (κ3) is 2.99. The molecule has 0 heterocycles. The summed E-state index contributed by atoms with van der Waals surface area (Å²) in [5.41, 5.74) is 0.938. The van der Waals surface area contributed by atoms with E-state index in [2.05, 4.69) is 0 Å². The van der Waals surface area contributed by atoms with Gasteiger partial charge in [0.25, 0.3) is 0 Å². The minimum Gasteiger partial charge on any atom is -1.00 e. The first-order valence-corrected chi connectivity index (χ1v) is 4.55. The Hall–Kier alpha value is 0.330. The molecule has 1 atom stereocenters. The monoisotopic (exact) mass is 194 g/mol. The van der Waals surface area contributed by atoms with Crippen molar-refractivity contribution in [3.05, 3.63) is 29.8 Å². The van der Waals surface area contributed by atoms with Crippen LogP contribution in [0.4, 0.5) is 0 Å². The maximum absolute atomic E-state index is 10.7. The van der Waals surface area contributed by atoms with E-state index in [0.29, 0.717) is 4.90 Å². The molecule has 0 aliphatic heterocycles. The second-order valence-electron chi connectivity index (χ2n) is 2.21. The third-order valence-corrected chi connectivity index (χ3v) is 2.32. The third-order valence-electron chi connectivity index (χ3n) is 1.54. The Morgan fingerprint density at radius 3 is 2.50 bits per heavy atom. The van der Waals surface area contributed by atoms with Gasteiger partial charge in [-0.25, -0.2) is 4.21 Å². The molecule has 62 valence electrons. The summed E-state index contributed by atoms with van der Waals surface area (Å²) in [5.74, 6) is 0. The molecule has 0 aliphatic rings. The summed E-state index contributed by atoms with van der Waals surface area (Å²) >= 11 is -1.84. The first-order chi connectivity index (χ1) is 5.25. The first-order valence-electron chi connectivity index (χ1n) is 3.44. The van der Waals surface area contributed by atoms with E-state index in [4.69, 9.17) is 4.55 Å². The molecule has 0 spiro atoms. The molecule has 1 aromatic carbocycles. The van der Waals surface area contributed by atoms with Crippen molar-refractivity contribution in [2.24, 2.45) is 0 Å². The Morgan fingerprint density at radius 2 is 2.08 bits per heavy atom. The summed E-state index contributed by atoms with van der Waals surface area (Å²) in [5, 5.41) is 0. The smallest absolute Gasteiger partial charge is 1.00 e. The van der Waals surface area contributed by atoms with E-state index in [0.717, 1.165) is 12.0 Å². The molecule has 0 saturated carbocycles. The number of rotatable bonds is 2. The molecular weight excluding hydrogens is 183 g/mol. The van der Waals surface area contributed by atoms with Crippen molar-refractivity contribution in [3.8, 4) is 0 Å². The minimum atomic E-state index is -1.84. The molecule has 0 bridgehead atoms. The zero-order valence-corrected chi connectivity index (χ0v) is 10.1. The fourth-order valence-electron chi connectivity index (χ4n) is 0.966. The fraction of sp³-hybridized carbons (Fsp3) is 0.250. The molecule has 1 N–H and O–H groups in total. The molecule has 2 nitrogen and oxygen atoms in total. The maximum Gasteiger partial charge on any atom is 1.00 e. The predicted octanol–water partition coefficient (Wildman–Crippen LogP) is -1.05. The molecular formula is C8H11NaO2S. The van der Waals surface area contributed by atoms with Crippen molar-refractivity contribution in [2.75, 3.05) is 0 Å². The molecule has 1 unspecified atom stereocenters. The van der Waals surface area contributed by atoms with Crippen LogP contribution in [-0.2, 0) is 17.5 Å². The van der Waals surface area contributed by atoms with Crippen LogP contribution in [0.3, 0.4) is 0 Å². The molecule has 0 radical (unpaired) electrons. The van der Waals surface area contributed by atoms with Crippen LogP contribution in [0.25, 0.3) is 0 Å². The maximum atomic E-state index is 10.7.